The minimum Gasteiger partial charge on any atom is -0.342 e. The number of hydrogen-bond acceptors (Lipinski definition) is 4. The van der Waals surface area contributed by atoms with Crippen molar-refractivity contribution in [3.05, 3.63) is 46.2 Å². The highest BCUT2D eigenvalue weighted by Gasteiger charge is 2.26. The summed E-state index contributed by atoms with van der Waals surface area (Å²) >= 11 is 1.72. The van der Waals surface area contributed by atoms with Crippen LogP contribution in [0.4, 0.5) is 0 Å². The van der Waals surface area contributed by atoms with Crippen molar-refractivity contribution in [2.75, 3.05) is 13.1 Å². The van der Waals surface area contributed by atoms with Crippen molar-refractivity contribution in [2.45, 2.75) is 38.5 Å². The highest BCUT2D eigenvalue weighted by atomic mass is 32.1. The molecule has 1 fully saturated rings. The predicted molar refractivity (Wildman–Crippen MR) is 88.0 cm³/mol. The number of piperidine rings is 1. The predicted octanol–water partition coefficient (Wildman–Crippen LogP) is 3.19. The van der Waals surface area contributed by atoms with E-state index in [0.29, 0.717) is 12.3 Å². The number of hydrogen-bond donors (Lipinski definition) is 0. The van der Waals surface area contributed by atoms with Gasteiger partial charge in [0.25, 0.3) is 0 Å². The number of carbonyl (C=O) groups excluding carboxylic acids is 1. The number of pyridine rings is 1. The van der Waals surface area contributed by atoms with Crippen molar-refractivity contribution in [1.29, 1.82) is 0 Å². The van der Waals surface area contributed by atoms with Gasteiger partial charge in [0.05, 0.1) is 5.01 Å². The highest BCUT2D eigenvalue weighted by Crippen LogP contribution is 2.29. The molecule has 5 heteroatoms. The Morgan fingerprint density at radius 3 is 3.14 bits per heavy atom. The Balaban J connectivity index is 1.56. The summed E-state index contributed by atoms with van der Waals surface area (Å²) < 4.78 is 0. The van der Waals surface area contributed by atoms with Gasteiger partial charge in [0.2, 0.25) is 5.91 Å². The number of carbonyl (C=O) groups is 1. The summed E-state index contributed by atoms with van der Waals surface area (Å²) in [4.78, 5) is 23.1. The summed E-state index contributed by atoms with van der Waals surface area (Å²) in [6.45, 7) is 3.73. The first-order chi connectivity index (χ1) is 10.7. The lowest BCUT2D eigenvalue weighted by molar-refractivity contribution is -0.132. The van der Waals surface area contributed by atoms with Gasteiger partial charge in [-0.05, 0) is 37.8 Å². The molecule has 22 heavy (non-hydrogen) atoms. The maximum Gasteiger partial charge on any atom is 0.222 e. The smallest absolute Gasteiger partial charge is 0.222 e. The molecule has 1 unspecified atom stereocenters. The van der Waals surface area contributed by atoms with Crippen LogP contribution in [0.25, 0.3) is 0 Å². The second-order valence-electron chi connectivity index (χ2n) is 5.87. The first kappa shape index (κ1) is 15.2. The van der Waals surface area contributed by atoms with E-state index in [1.807, 2.05) is 30.2 Å². The van der Waals surface area contributed by atoms with Crippen LogP contribution in [0.1, 0.15) is 41.4 Å². The van der Waals surface area contributed by atoms with Gasteiger partial charge in [-0.1, -0.05) is 6.07 Å². The zero-order valence-corrected chi connectivity index (χ0v) is 13.7. The van der Waals surface area contributed by atoms with E-state index >= 15 is 0 Å². The van der Waals surface area contributed by atoms with Crippen molar-refractivity contribution < 1.29 is 4.79 Å². The van der Waals surface area contributed by atoms with Crippen molar-refractivity contribution in [2.24, 2.45) is 0 Å². The van der Waals surface area contributed by atoms with Crippen molar-refractivity contribution in [3.8, 4) is 0 Å². The summed E-state index contributed by atoms with van der Waals surface area (Å²) in [5, 5.41) is 3.28. The molecular formula is C17H21N3OS. The van der Waals surface area contributed by atoms with Crippen molar-refractivity contribution in [1.82, 2.24) is 14.9 Å². The van der Waals surface area contributed by atoms with Gasteiger partial charge in [-0.2, -0.15) is 0 Å². The Morgan fingerprint density at radius 2 is 2.41 bits per heavy atom. The molecular weight excluding hydrogens is 294 g/mol. The maximum atomic E-state index is 12.4. The van der Waals surface area contributed by atoms with Gasteiger partial charge in [0.1, 0.15) is 0 Å². The first-order valence-corrected chi connectivity index (χ1v) is 8.69. The zero-order valence-electron chi connectivity index (χ0n) is 12.9. The Labute approximate surface area is 135 Å². The van der Waals surface area contributed by atoms with E-state index in [2.05, 4.69) is 15.3 Å². The average molecular weight is 315 g/mol. The standard InChI is InChI=1S/C17H21N3OS/c1-13-12-22-17(19-13)15-5-3-9-20(11-15)16(21)7-6-14-4-2-8-18-10-14/h2,4,8,10,12,15H,3,5-7,9,11H2,1H3. The SMILES string of the molecule is Cc1csc(C2CCCN(C(=O)CCc3cccnc3)C2)n1. The van der Waals surface area contributed by atoms with Crippen LogP contribution in [0.2, 0.25) is 0 Å². The van der Waals surface area contributed by atoms with E-state index < -0.39 is 0 Å². The van der Waals surface area contributed by atoms with Gasteiger partial charge in [0, 0.05) is 48.9 Å². The number of nitrogens with zero attached hydrogens (tertiary/aromatic N) is 3. The summed E-state index contributed by atoms with van der Waals surface area (Å²) in [7, 11) is 0. The van der Waals surface area contributed by atoms with Crippen LogP contribution in [0.5, 0.6) is 0 Å². The second-order valence-corrected chi connectivity index (χ2v) is 6.76. The van der Waals surface area contributed by atoms with E-state index in [1.54, 1.807) is 17.5 Å². The highest BCUT2D eigenvalue weighted by molar-refractivity contribution is 7.09. The molecule has 3 heterocycles. The fraction of sp³-hybridized carbons (Fsp3) is 0.471. The first-order valence-electron chi connectivity index (χ1n) is 7.81. The normalized spacial score (nSPS) is 18.4. The van der Waals surface area contributed by atoms with E-state index in [4.69, 9.17) is 0 Å². The van der Waals surface area contributed by atoms with Gasteiger partial charge in [-0.25, -0.2) is 4.98 Å². The summed E-state index contributed by atoms with van der Waals surface area (Å²) in [6.07, 6.45) is 7.14. The summed E-state index contributed by atoms with van der Waals surface area (Å²) in [5.41, 5.74) is 2.21. The fourth-order valence-corrected chi connectivity index (χ4v) is 3.85. The molecule has 1 amide bonds. The number of aryl methyl sites for hydroxylation is 2. The van der Waals surface area contributed by atoms with Crippen LogP contribution >= 0.6 is 11.3 Å². The minimum atomic E-state index is 0.252. The van der Waals surface area contributed by atoms with Gasteiger partial charge < -0.3 is 4.90 Å². The molecule has 116 valence electrons. The van der Waals surface area contributed by atoms with E-state index in [9.17, 15) is 4.79 Å². The van der Waals surface area contributed by atoms with E-state index in [0.717, 1.165) is 43.6 Å². The summed E-state index contributed by atoms with van der Waals surface area (Å²) in [6, 6.07) is 3.94. The fourth-order valence-electron chi connectivity index (χ4n) is 2.92. The molecule has 2 aromatic heterocycles. The molecule has 1 aliphatic heterocycles. The van der Waals surface area contributed by atoms with Crippen LogP contribution in [-0.4, -0.2) is 33.9 Å². The minimum absolute atomic E-state index is 0.252. The van der Waals surface area contributed by atoms with Crippen molar-refractivity contribution in [3.63, 3.8) is 0 Å². The molecule has 0 radical (unpaired) electrons. The van der Waals surface area contributed by atoms with Crippen LogP contribution < -0.4 is 0 Å². The number of rotatable bonds is 4. The maximum absolute atomic E-state index is 12.4. The molecule has 1 saturated heterocycles. The van der Waals surface area contributed by atoms with E-state index in [1.165, 1.54) is 5.01 Å². The lowest BCUT2D eigenvalue weighted by Gasteiger charge is -2.32. The van der Waals surface area contributed by atoms with Crippen LogP contribution in [0, 0.1) is 6.92 Å². The molecule has 3 rings (SSSR count). The molecule has 0 saturated carbocycles. The van der Waals surface area contributed by atoms with E-state index in [-0.39, 0.29) is 5.91 Å². The quantitative estimate of drug-likeness (QED) is 0.870. The Kier molecular flexibility index (Phi) is 4.83. The molecule has 0 bridgehead atoms. The third-order valence-corrected chi connectivity index (χ3v) is 5.24. The molecule has 0 N–H and O–H groups in total. The van der Waals surface area contributed by atoms with Crippen LogP contribution in [0.3, 0.4) is 0 Å². The zero-order chi connectivity index (χ0) is 15.4. The molecule has 1 atom stereocenters. The number of aromatic nitrogens is 2. The van der Waals surface area contributed by atoms with Gasteiger partial charge in [-0.3, -0.25) is 9.78 Å². The number of likely N-dealkylation sites (tertiary alicyclic amines) is 1. The lowest BCUT2D eigenvalue weighted by atomic mass is 9.98. The summed E-state index contributed by atoms with van der Waals surface area (Å²) in [5.74, 6) is 0.664. The van der Waals surface area contributed by atoms with Gasteiger partial charge in [-0.15, -0.1) is 11.3 Å². The van der Waals surface area contributed by atoms with Crippen molar-refractivity contribution >= 4 is 17.2 Å². The number of thiazole rings is 1. The topological polar surface area (TPSA) is 46.1 Å². The average Bonchev–Trinajstić information content (AvgIpc) is 3.00. The largest absolute Gasteiger partial charge is 0.342 e. The van der Waals surface area contributed by atoms with Gasteiger partial charge in [0.15, 0.2) is 0 Å². The molecule has 0 aromatic carbocycles. The Bertz CT molecular complexity index is 626. The Hall–Kier alpha value is -1.75. The molecule has 2 aromatic rings. The third-order valence-electron chi connectivity index (χ3n) is 4.11. The second kappa shape index (κ2) is 7.01. The monoisotopic (exact) mass is 315 g/mol. The van der Waals surface area contributed by atoms with Gasteiger partial charge >= 0.3 is 0 Å². The third kappa shape index (κ3) is 3.71. The molecule has 1 aliphatic rings. The molecule has 0 spiro atoms. The molecule has 4 nitrogen and oxygen atoms in total. The molecule has 0 aliphatic carbocycles. The lowest BCUT2D eigenvalue weighted by Crippen LogP contribution is -2.39. The van der Waals surface area contributed by atoms with Crippen LogP contribution in [0.15, 0.2) is 29.9 Å². The van der Waals surface area contributed by atoms with Crippen LogP contribution in [-0.2, 0) is 11.2 Å². The Morgan fingerprint density at radius 1 is 1.50 bits per heavy atom. The number of amides is 1.